The van der Waals surface area contributed by atoms with Crippen molar-refractivity contribution in [2.75, 3.05) is 19.8 Å². The van der Waals surface area contributed by atoms with Gasteiger partial charge in [0, 0.05) is 12.7 Å². The number of unbranched alkanes of at least 4 members (excludes halogenated alkanes) is 1. The molecule has 0 N–H and O–H groups in total. The van der Waals surface area contributed by atoms with Crippen LogP contribution in [0.1, 0.15) is 30.1 Å². The maximum Gasteiger partial charge on any atom is 0.339 e. The Morgan fingerprint density at radius 1 is 1.12 bits per heavy atom. The molecule has 5 heteroatoms. The van der Waals surface area contributed by atoms with Gasteiger partial charge in [-0.3, -0.25) is 0 Å². The number of hydrogen-bond donors (Lipinski definition) is 0. The van der Waals surface area contributed by atoms with E-state index in [2.05, 4.69) is 13.5 Å². The van der Waals surface area contributed by atoms with Gasteiger partial charge in [0.2, 0.25) is 0 Å². The third-order valence-corrected chi connectivity index (χ3v) is 3.81. The first kappa shape index (κ1) is 19.7. The molecule has 0 fully saturated rings. The molecule has 0 radical (unpaired) electrons. The molecule has 138 valence electrons. The van der Waals surface area contributed by atoms with Crippen molar-refractivity contribution < 1.29 is 23.8 Å². The van der Waals surface area contributed by atoms with Crippen LogP contribution in [0.5, 0.6) is 0 Å². The van der Waals surface area contributed by atoms with Crippen LogP contribution in [0.2, 0.25) is 0 Å². The summed E-state index contributed by atoms with van der Waals surface area (Å²) in [6.07, 6.45) is 2.31. The zero-order chi connectivity index (χ0) is 18.8. The van der Waals surface area contributed by atoms with E-state index < -0.39 is 18.0 Å². The van der Waals surface area contributed by atoms with E-state index >= 15 is 0 Å². The van der Waals surface area contributed by atoms with Crippen LogP contribution in [0, 0.1) is 0 Å². The molecule has 26 heavy (non-hydrogen) atoms. The summed E-state index contributed by atoms with van der Waals surface area (Å²) in [6.45, 7) is 6.07. The Bertz CT molecular complexity index is 748. The third kappa shape index (κ3) is 5.70. The average molecular weight is 356 g/mol. The van der Waals surface area contributed by atoms with Gasteiger partial charge in [0.15, 0.2) is 6.10 Å². The number of rotatable bonds is 10. The molecule has 0 aromatic heterocycles. The second-order valence-electron chi connectivity index (χ2n) is 5.82. The molecule has 1 atom stereocenters. The van der Waals surface area contributed by atoms with Gasteiger partial charge in [-0.2, -0.15) is 0 Å². The first-order chi connectivity index (χ1) is 12.7. The van der Waals surface area contributed by atoms with Gasteiger partial charge >= 0.3 is 11.9 Å². The standard InChI is InChI=1S/C21H24O5/c1-3-5-13-24-14-17(15-25-20(22)4-2)26-21(23)19-12-8-10-16-9-6-7-11-18(16)19/h4,6-12,17H,2-3,5,13-15H2,1H3. The SMILES string of the molecule is C=CC(=O)OCC(COCCCC)OC(=O)c1cccc2ccccc12. The lowest BCUT2D eigenvalue weighted by atomic mass is 10.0. The molecule has 0 bridgehead atoms. The van der Waals surface area contributed by atoms with E-state index in [1.807, 2.05) is 36.4 Å². The van der Waals surface area contributed by atoms with Crippen molar-refractivity contribution in [2.24, 2.45) is 0 Å². The highest BCUT2D eigenvalue weighted by atomic mass is 16.6. The Kier molecular flexibility index (Phi) is 7.83. The Morgan fingerprint density at radius 3 is 2.65 bits per heavy atom. The average Bonchev–Trinajstić information content (AvgIpc) is 2.68. The fourth-order valence-electron chi connectivity index (χ4n) is 2.43. The Balaban J connectivity index is 2.07. The van der Waals surface area contributed by atoms with Crippen molar-refractivity contribution in [3.63, 3.8) is 0 Å². The number of ether oxygens (including phenoxy) is 3. The summed E-state index contributed by atoms with van der Waals surface area (Å²) in [5, 5.41) is 1.77. The van der Waals surface area contributed by atoms with E-state index in [1.165, 1.54) is 0 Å². The van der Waals surface area contributed by atoms with Crippen LogP contribution in [0.25, 0.3) is 10.8 Å². The number of esters is 2. The summed E-state index contributed by atoms with van der Waals surface area (Å²) in [4.78, 5) is 23.9. The summed E-state index contributed by atoms with van der Waals surface area (Å²) in [7, 11) is 0. The maximum absolute atomic E-state index is 12.6. The van der Waals surface area contributed by atoms with Crippen LogP contribution in [-0.2, 0) is 19.0 Å². The van der Waals surface area contributed by atoms with Crippen molar-refractivity contribution >= 4 is 22.7 Å². The summed E-state index contributed by atoms with van der Waals surface area (Å²) in [5.74, 6) is -1.04. The normalized spacial score (nSPS) is 11.7. The van der Waals surface area contributed by atoms with Crippen LogP contribution in [-0.4, -0.2) is 37.9 Å². The van der Waals surface area contributed by atoms with Gasteiger partial charge in [0.05, 0.1) is 12.2 Å². The first-order valence-electron chi connectivity index (χ1n) is 8.71. The predicted octanol–water partition coefficient (Wildman–Crippen LogP) is 3.91. The van der Waals surface area contributed by atoms with Gasteiger partial charge in [-0.05, 0) is 23.3 Å². The minimum Gasteiger partial charge on any atom is -0.458 e. The van der Waals surface area contributed by atoms with E-state index in [-0.39, 0.29) is 13.2 Å². The predicted molar refractivity (Wildman–Crippen MR) is 100 cm³/mol. The summed E-state index contributed by atoms with van der Waals surface area (Å²) in [6, 6.07) is 13.1. The van der Waals surface area contributed by atoms with Crippen molar-refractivity contribution in [1.29, 1.82) is 0 Å². The zero-order valence-electron chi connectivity index (χ0n) is 15.0. The van der Waals surface area contributed by atoms with Crippen LogP contribution in [0.4, 0.5) is 0 Å². The summed E-state index contributed by atoms with van der Waals surface area (Å²) in [5.41, 5.74) is 0.469. The fraction of sp³-hybridized carbons (Fsp3) is 0.333. The molecule has 1 unspecified atom stereocenters. The molecule has 0 heterocycles. The van der Waals surface area contributed by atoms with Gasteiger partial charge in [-0.1, -0.05) is 56.3 Å². The second kappa shape index (κ2) is 10.4. The number of benzene rings is 2. The molecule has 0 aliphatic carbocycles. The van der Waals surface area contributed by atoms with Crippen molar-refractivity contribution in [3.05, 3.63) is 60.7 Å². The molecule has 0 aliphatic rings. The van der Waals surface area contributed by atoms with E-state index in [0.29, 0.717) is 12.2 Å². The molecule has 0 aliphatic heterocycles. The smallest absolute Gasteiger partial charge is 0.339 e. The first-order valence-corrected chi connectivity index (χ1v) is 8.71. The largest absolute Gasteiger partial charge is 0.458 e. The molecule has 0 saturated heterocycles. The Morgan fingerprint density at radius 2 is 1.88 bits per heavy atom. The number of carbonyl (C=O) groups excluding carboxylic acids is 2. The van der Waals surface area contributed by atoms with Crippen LogP contribution in [0.15, 0.2) is 55.1 Å². The minimum absolute atomic E-state index is 0.0759. The highest BCUT2D eigenvalue weighted by Gasteiger charge is 2.19. The van der Waals surface area contributed by atoms with Crippen LogP contribution in [0.3, 0.4) is 0 Å². The van der Waals surface area contributed by atoms with Crippen LogP contribution < -0.4 is 0 Å². The fourth-order valence-corrected chi connectivity index (χ4v) is 2.43. The maximum atomic E-state index is 12.6. The van der Waals surface area contributed by atoms with E-state index in [1.54, 1.807) is 6.07 Å². The molecule has 0 spiro atoms. The van der Waals surface area contributed by atoms with Crippen molar-refractivity contribution in [1.82, 2.24) is 0 Å². The van der Waals surface area contributed by atoms with Crippen molar-refractivity contribution in [3.8, 4) is 0 Å². The van der Waals surface area contributed by atoms with Crippen LogP contribution >= 0.6 is 0 Å². The van der Waals surface area contributed by atoms with E-state index in [4.69, 9.17) is 14.2 Å². The Labute approximate surface area is 153 Å². The molecule has 2 aromatic carbocycles. The Hall–Kier alpha value is -2.66. The van der Waals surface area contributed by atoms with E-state index in [0.717, 1.165) is 29.7 Å². The highest BCUT2D eigenvalue weighted by Crippen LogP contribution is 2.19. The lowest BCUT2D eigenvalue weighted by molar-refractivity contribution is -0.142. The third-order valence-electron chi connectivity index (χ3n) is 3.81. The molecular weight excluding hydrogens is 332 g/mol. The van der Waals surface area contributed by atoms with Gasteiger partial charge < -0.3 is 14.2 Å². The molecule has 0 saturated carbocycles. The lowest BCUT2D eigenvalue weighted by Crippen LogP contribution is -2.29. The molecule has 5 nitrogen and oxygen atoms in total. The monoisotopic (exact) mass is 356 g/mol. The second-order valence-corrected chi connectivity index (χ2v) is 5.82. The minimum atomic E-state index is -0.678. The molecular formula is C21H24O5. The van der Waals surface area contributed by atoms with Gasteiger partial charge in [0.1, 0.15) is 6.61 Å². The van der Waals surface area contributed by atoms with Gasteiger partial charge in [-0.15, -0.1) is 0 Å². The quantitative estimate of drug-likeness (QED) is 0.367. The number of carbonyl (C=O) groups is 2. The molecule has 2 rings (SSSR count). The van der Waals surface area contributed by atoms with Crippen molar-refractivity contribution in [2.45, 2.75) is 25.9 Å². The zero-order valence-corrected chi connectivity index (χ0v) is 15.0. The summed E-state index contributed by atoms with van der Waals surface area (Å²) < 4.78 is 16.1. The number of hydrogen-bond acceptors (Lipinski definition) is 5. The summed E-state index contributed by atoms with van der Waals surface area (Å²) >= 11 is 0. The topological polar surface area (TPSA) is 61.8 Å². The molecule has 0 amide bonds. The van der Waals surface area contributed by atoms with Gasteiger partial charge in [0.25, 0.3) is 0 Å². The molecule has 2 aromatic rings. The lowest BCUT2D eigenvalue weighted by Gasteiger charge is -2.18. The highest BCUT2D eigenvalue weighted by molar-refractivity contribution is 6.04. The van der Waals surface area contributed by atoms with E-state index in [9.17, 15) is 9.59 Å². The van der Waals surface area contributed by atoms with Gasteiger partial charge in [-0.25, -0.2) is 9.59 Å². The number of fused-ring (bicyclic) bond motifs is 1.